The zero-order valence-electron chi connectivity index (χ0n) is 14.8. The van der Waals surface area contributed by atoms with Crippen LogP contribution in [0.25, 0.3) is 10.2 Å². The molecule has 0 radical (unpaired) electrons. The van der Waals surface area contributed by atoms with Gasteiger partial charge in [0, 0.05) is 17.5 Å². The van der Waals surface area contributed by atoms with Gasteiger partial charge < -0.3 is 9.64 Å². The van der Waals surface area contributed by atoms with Crippen LogP contribution in [0.3, 0.4) is 0 Å². The lowest BCUT2D eigenvalue weighted by Gasteiger charge is -2.33. The molecule has 4 rings (SSSR count). The van der Waals surface area contributed by atoms with Crippen LogP contribution in [0, 0.1) is 0 Å². The topological polar surface area (TPSA) is 55.3 Å². The van der Waals surface area contributed by atoms with E-state index in [0.717, 1.165) is 42.4 Å². The minimum atomic E-state index is 0.0705. The SMILES string of the molecule is CCN(C(=O)COc1ncnc2sc3c(c12)CCC3)C1CCCCC1. The smallest absolute Gasteiger partial charge is 0.260 e. The number of aromatic nitrogens is 2. The molecule has 0 spiro atoms. The molecule has 2 aliphatic rings. The lowest BCUT2D eigenvalue weighted by Crippen LogP contribution is -2.43. The van der Waals surface area contributed by atoms with Gasteiger partial charge in [-0.1, -0.05) is 19.3 Å². The quantitative estimate of drug-likeness (QED) is 0.816. The van der Waals surface area contributed by atoms with Gasteiger partial charge in [-0.3, -0.25) is 4.79 Å². The predicted molar refractivity (Wildman–Crippen MR) is 99.2 cm³/mol. The Balaban J connectivity index is 1.49. The van der Waals surface area contributed by atoms with Crippen LogP contribution in [0.5, 0.6) is 5.88 Å². The second kappa shape index (κ2) is 7.28. The van der Waals surface area contributed by atoms with Crippen molar-refractivity contribution in [3.8, 4) is 5.88 Å². The fourth-order valence-corrected chi connectivity index (χ4v) is 5.47. The van der Waals surface area contributed by atoms with Crippen molar-refractivity contribution >= 4 is 27.5 Å². The van der Waals surface area contributed by atoms with Crippen LogP contribution in [-0.4, -0.2) is 40.0 Å². The van der Waals surface area contributed by atoms with E-state index in [4.69, 9.17) is 4.74 Å². The number of rotatable bonds is 5. The first kappa shape index (κ1) is 16.8. The van der Waals surface area contributed by atoms with Crippen molar-refractivity contribution in [2.45, 2.75) is 64.3 Å². The maximum Gasteiger partial charge on any atom is 0.260 e. The first-order valence-electron chi connectivity index (χ1n) is 9.45. The molecule has 0 unspecified atom stereocenters. The molecule has 0 aromatic carbocycles. The van der Waals surface area contributed by atoms with E-state index in [2.05, 4.69) is 16.9 Å². The van der Waals surface area contributed by atoms with E-state index in [1.807, 2.05) is 4.90 Å². The van der Waals surface area contributed by atoms with Gasteiger partial charge in [0.15, 0.2) is 6.61 Å². The summed E-state index contributed by atoms with van der Waals surface area (Å²) in [5.74, 6) is 0.658. The summed E-state index contributed by atoms with van der Waals surface area (Å²) in [4.78, 5) is 25.8. The normalized spacial score (nSPS) is 17.6. The molecule has 0 saturated heterocycles. The molecule has 5 nitrogen and oxygen atoms in total. The summed E-state index contributed by atoms with van der Waals surface area (Å²) in [5, 5.41) is 1.04. The van der Waals surface area contributed by atoms with E-state index in [9.17, 15) is 4.79 Å². The Bertz CT molecular complexity index is 767. The second-order valence-electron chi connectivity index (χ2n) is 6.98. The number of hydrogen-bond acceptors (Lipinski definition) is 5. The second-order valence-corrected chi connectivity index (χ2v) is 8.06. The van der Waals surface area contributed by atoms with Gasteiger partial charge in [0.05, 0.1) is 5.39 Å². The number of likely N-dealkylation sites (N-methyl/N-ethyl adjacent to an activating group) is 1. The lowest BCUT2D eigenvalue weighted by atomic mass is 9.94. The van der Waals surface area contributed by atoms with E-state index in [1.165, 1.54) is 36.1 Å². The Hall–Kier alpha value is -1.69. The Kier molecular flexibility index (Phi) is 4.88. The molecule has 2 aromatic heterocycles. The summed E-state index contributed by atoms with van der Waals surface area (Å²) in [7, 11) is 0. The molecule has 2 aliphatic carbocycles. The molecule has 1 saturated carbocycles. The first-order chi connectivity index (χ1) is 12.3. The van der Waals surface area contributed by atoms with Crippen LogP contribution >= 0.6 is 11.3 Å². The van der Waals surface area contributed by atoms with E-state index in [1.54, 1.807) is 17.7 Å². The van der Waals surface area contributed by atoms with Gasteiger partial charge >= 0.3 is 0 Å². The highest BCUT2D eigenvalue weighted by atomic mass is 32.1. The number of ether oxygens (including phenoxy) is 1. The molecular formula is C19H25N3O2S. The van der Waals surface area contributed by atoms with Crippen LogP contribution in [0.1, 0.15) is 55.9 Å². The minimum Gasteiger partial charge on any atom is -0.467 e. The number of carbonyl (C=O) groups is 1. The summed E-state index contributed by atoms with van der Waals surface area (Å²) >= 11 is 1.74. The molecule has 1 amide bonds. The lowest BCUT2D eigenvalue weighted by molar-refractivity contribution is -0.136. The average molecular weight is 359 g/mol. The van der Waals surface area contributed by atoms with Crippen molar-refractivity contribution in [1.29, 1.82) is 0 Å². The number of carbonyl (C=O) groups excluding carboxylic acids is 1. The molecule has 25 heavy (non-hydrogen) atoms. The van der Waals surface area contributed by atoms with Crippen molar-refractivity contribution in [1.82, 2.24) is 14.9 Å². The molecule has 0 aliphatic heterocycles. The van der Waals surface area contributed by atoms with Crippen molar-refractivity contribution in [3.05, 3.63) is 16.8 Å². The molecule has 0 bridgehead atoms. The van der Waals surface area contributed by atoms with E-state index >= 15 is 0 Å². The van der Waals surface area contributed by atoms with Crippen LogP contribution < -0.4 is 4.74 Å². The number of aryl methyl sites for hydroxylation is 2. The summed E-state index contributed by atoms with van der Waals surface area (Å²) < 4.78 is 5.90. The third kappa shape index (κ3) is 3.24. The number of fused-ring (bicyclic) bond motifs is 3. The maximum atomic E-state index is 12.7. The fourth-order valence-electron chi connectivity index (χ4n) is 4.25. The highest BCUT2D eigenvalue weighted by Crippen LogP contribution is 2.39. The van der Waals surface area contributed by atoms with Gasteiger partial charge in [-0.25, -0.2) is 9.97 Å². The Morgan fingerprint density at radius 2 is 2.08 bits per heavy atom. The average Bonchev–Trinajstić information content (AvgIpc) is 3.22. The molecule has 1 fully saturated rings. The maximum absolute atomic E-state index is 12.7. The standard InChI is InChI=1S/C19H25N3O2S/c1-2-22(13-7-4-3-5-8-13)16(23)11-24-18-17-14-9-6-10-15(14)25-19(17)21-12-20-18/h12-13H,2-11H2,1H3. The monoisotopic (exact) mass is 359 g/mol. The predicted octanol–water partition coefficient (Wildman–Crippen LogP) is 3.74. The Morgan fingerprint density at radius 3 is 2.88 bits per heavy atom. The molecule has 2 aromatic rings. The van der Waals surface area contributed by atoms with Crippen LogP contribution in [-0.2, 0) is 17.6 Å². The van der Waals surface area contributed by atoms with Crippen LogP contribution in [0.2, 0.25) is 0 Å². The molecule has 6 heteroatoms. The number of thiophene rings is 1. The third-order valence-corrected chi connectivity index (χ3v) is 6.68. The molecule has 134 valence electrons. The van der Waals surface area contributed by atoms with E-state index < -0.39 is 0 Å². The van der Waals surface area contributed by atoms with Crippen molar-refractivity contribution in [2.24, 2.45) is 0 Å². The van der Waals surface area contributed by atoms with E-state index in [0.29, 0.717) is 11.9 Å². The fraction of sp³-hybridized carbons (Fsp3) is 0.632. The number of hydrogen-bond donors (Lipinski definition) is 0. The van der Waals surface area contributed by atoms with Gasteiger partial charge in [0.1, 0.15) is 11.2 Å². The summed E-state index contributed by atoms with van der Waals surface area (Å²) in [5.41, 5.74) is 1.34. The van der Waals surface area contributed by atoms with Crippen LogP contribution in [0.15, 0.2) is 6.33 Å². The summed E-state index contributed by atoms with van der Waals surface area (Å²) in [6, 6.07) is 0.380. The molecule has 0 N–H and O–H groups in total. The van der Waals surface area contributed by atoms with E-state index in [-0.39, 0.29) is 12.5 Å². The van der Waals surface area contributed by atoms with Gasteiger partial charge in [0.2, 0.25) is 5.88 Å². The molecule has 0 atom stereocenters. The van der Waals surface area contributed by atoms with Gasteiger partial charge in [0.25, 0.3) is 5.91 Å². The zero-order valence-corrected chi connectivity index (χ0v) is 15.6. The van der Waals surface area contributed by atoms with Crippen molar-refractivity contribution < 1.29 is 9.53 Å². The largest absolute Gasteiger partial charge is 0.467 e. The van der Waals surface area contributed by atoms with Gasteiger partial charge in [-0.15, -0.1) is 11.3 Å². The van der Waals surface area contributed by atoms with Gasteiger partial charge in [-0.2, -0.15) is 0 Å². The minimum absolute atomic E-state index is 0.0705. The van der Waals surface area contributed by atoms with Crippen molar-refractivity contribution in [3.63, 3.8) is 0 Å². The van der Waals surface area contributed by atoms with Crippen molar-refractivity contribution in [2.75, 3.05) is 13.2 Å². The first-order valence-corrected chi connectivity index (χ1v) is 10.3. The highest BCUT2D eigenvalue weighted by Gasteiger charge is 2.26. The summed E-state index contributed by atoms with van der Waals surface area (Å²) in [6.07, 6.45) is 10.9. The molecular weight excluding hydrogens is 334 g/mol. The van der Waals surface area contributed by atoms with Gasteiger partial charge in [-0.05, 0) is 44.6 Å². The third-order valence-electron chi connectivity index (χ3n) is 5.48. The van der Waals surface area contributed by atoms with Crippen LogP contribution in [0.4, 0.5) is 0 Å². The highest BCUT2D eigenvalue weighted by molar-refractivity contribution is 7.18. The Labute approximate surface area is 152 Å². The zero-order chi connectivity index (χ0) is 17.2. The Morgan fingerprint density at radius 1 is 1.24 bits per heavy atom. The summed E-state index contributed by atoms with van der Waals surface area (Å²) in [6.45, 7) is 2.88. The molecule has 2 heterocycles. The number of amides is 1. The number of nitrogens with zero attached hydrogens (tertiary/aromatic N) is 3.